The lowest BCUT2D eigenvalue weighted by Gasteiger charge is -2.13. The first kappa shape index (κ1) is 12.1. The second-order valence-corrected chi connectivity index (χ2v) is 4.26. The summed E-state index contributed by atoms with van der Waals surface area (Å²) in [5, 5.41) is 12.2. The van der Waals surface area contributed by atoms with E-state index in [0.29, 0.717) is 12.6 Å². The second-order valence-electron chi connectivity index (χ2n) is 3.32. The Kier molecular flexibility index (Phi) is 4.71. The van der Waals surface area contributed by atoms with Crippen LogP contribution in [0.15, 0.2) is 5.51 Å². The fourth-order valence-corrected chi connectivity index (χ4v) is 2.09. The number of hydrogen-bond donors (Lipinski definition) is 2. The van der Waals surface area contributed by atoms with Gasteiger partial charge >= 0.3 is 5.97 Å². The summed E-state index contributed by atoms with van der Waals surface area (Å²) in [6.45, 7) is 4.83. The van der Waals surface area contributed by atoms with Gasteiger partial charge in [-0.3, -0.25) is 0 Å². The van der Waals surface area contributed by atoms with E-state index in [1.165, 1.54) is 11.3 Å². The van der Waals surface area contributed by atoms with E-state index in [-0.39, 0.29) is 5.69 Å². The third-order valence-corrected chi connectivity index (χ3v) is 3.21. The number of carboxylic acid groups (broad SMARTS) is 1. The zero-order valence-corrected chi connectivity index (χ0v) is 9.80. The van der Waals surface area contributed by atoms with Gasteiger partial charge in [-0.05, 0) is 12.8 Å². The Bertz CT molecular complexity index is 321. The third-order valence-electron chi connectivity index (χ3n) is 2.38. The maximum atomic E-state index is 10.8. The summed E-state index contributed by atoms with van der Waals surface area (Å²) in [6, 6.07) is 0.453. The van der Waals surface area contributed by atoms with Crippen molar-refractivity contribution in [1.29, 1.82) is 0 Å². The molecule has 0 atom stereocenters. The summed E-state index contributed by atoms with van der Waals surface area (Å²) in [5.74, 6) is -0.947. The highest BCUT2D eigenvalue weighted by Crippen LogP contribution is 2.13. The van der Waals surface area contributed by atoms with Crippen molar-refractivity contribution in [3.63, 3.8) is 0 Å². The lowest BCUT2D eigenvalue weighted by molar-refractivity contribution is 0.0690. The first-order valence-corrected chi connectivity index (χ1v) is 5.96. The van der Waals surface area contributed by atoms with Crippen LogP contribution in [0, 0.1) is 0 Å². The van der Waals surface area contributed by atoms with Crippen molar-refractivity contribution in [1.82, 2.24) is 10.3 Å². The maximum Gasteiger partial charge on any atom is 0.355 e. The minimum Gasteiger partial charge on any atom is -0.476 e. The number of carboxylic acids is 1. The zero-order chi connectivity index (χ0) is 11.3. The van der Waals surface area contributed by atoms with Crippen LogP contribution in [0.25, 0.3) is 0 Å². The molecule has 1 rings (SSSR count). The SMILES string of the molecule is CCC(CC)NCc1scnc1C(=O)O. The van der Waals surface area contributed by atoms with Crippen molar-refractivity contribution in [2.24, 2.45) is 0 Å². The van der Waals surface area contributed by atoms with E-state index in [1.807, 2.05) is 0 Å². The summed E-state index contributed by atoms with van der Waals surface area (Å²) >= 11 is 1.39. The molecule has 0 spiro atoms. The van der Waals surface area contributed by atoms with Crippen molar-refractivity contribution in [3.05, 3.63) is 16.1 Å². The standard InChI is InChI=1S/C10H16N2O2S/c1-3-7(4-2)11-5-8-9(10(13)14)12-6-15-8/h6-7,11H,3-5H2,1-2H3,(H,13,14). The Labute approximate surface area is 93.4 Å². The predicted molar refractivity (Wildman–Crippen MR) is 60.3 cm³/mol. The number of aromatic carboxylic acids is 1. The van der Waals surface area contributed by atoms with Gasteiger partial charge in [-0.15, -0.1) is 11.3 Å². The van der Waals surface area contributed by atoms with E-state index in [4.69, 9.17) is 5.11 Å². The van der Waals surface area contributed by atoms with Gasteiger partial charge < -0.3 is 10.4 Å². The Hall–Kier alpha value is -0.940. The molecule has 4 nitrogen and oxygen atoms in total. The molecule has 1 heterocycles. The van der Waals surface area contributed by atoms with E-state index >= 15 is 0 Å². The summed E-state index contributed by atoms with van der Waals surface area (Å²) in [4.78, 5) is 15.4. The molecule has 1 aromatic heterocycles. The van der Waals surface area contributed by atoms with Crippen LogP contribution in [-0.4, -0.2) is 22.1 Å². The molecule has 0 aromatic carbocycles. The lowest BCUT2D eigenvalue weighted by Crippen LogP contribution is -2.27. The van der Waals surface area contributed by atoms with Gasteiger partial charge in [-0.25, -0.2) is 9.78 Å². The van der Waals surface area contributed by atoms with Gasteiger partial charge in [0.25, 0.3) is 0 Å². The van der Waals surface area contributed by atoms with Crippen LogP contribution in [-0.2, 0) is 6.54 Å². The van der Waals surface area contributed by atoms with E-state index < -0.39 is 5.97 Å². The molecule has 0 saturated carbocycles. The third kappa shape index (κ3) is 3.28. The second kappa shape index (κ2) is 5.82. The van der Waals surface area contributed by atoms with Crippen LogP contribution >= 0.6 is 11.3 Å². The average molecular weight is 228 g/mol. The van der Waals surface area contributed by atoms with Crippen LogP contribution in [0.2, 0.25) is 0 Å². The number of nitrogens with zero attached hydrogens (tertiary/aromatic N) is 1. The lowest BCUT2D eigenvalue weighted by atomic mass is 10.2. The van der Waals surface area contributed by atoms with Crippen LogP contribution in [0.1, 0.15) is 42.1 Å². The molecule has 0 amide bonds. The molecule has 84 valence electrons. The molecule has 2 N–H and O–H groups in total. The molecule has 5 heteroatoms. The summed E-state index contributed by atoms with van der Waals surface area (Å²) in [5.41, 5.74) is 1.76. The molecule has 1 aromatic rings. The van der Waals surface area contributed by atoms with Crippen molar-refractivity contribution in [2.45, 2.75) is 39.3 Å². The van der Waals surface area contributed by atoms with Gasteiger partial charge in [-0.2, -0.15) is 0 Å². The Morgan fingerprint density at radius 1 is 1.60 bits per heavy atom. The first-order chi connectivity index (χ1) is 7.19. The fourth-order valence-electron chi connectivity index (χ4n) is 1.38. The molecule has 0 radical (unpaired) electrons. The molecule has 0 aliphatic rings. The van der Waals surface area contributed by atoms with Gasteiger partial charge in [0.1, 0.15) is 0 Å². The van der Waals surface area contributed by atoms with Crippen LogP contribution in [0.5, 0.6) is 0 Å². The van der Waals surface area contributed by atoms with Gasteiger partial charge in [0.15, 0.2) is 5.69 Å². The Morgan fingerprint density at radius 2 is 2.27 bits per heavy atom. The van der Waals surface area contributed by atoms with Crippen LogP contribution in [0.3, 0.4) is 0 Å². The number of thiazole rings is 1. The first-order valence-electron chi connectivity index (χ1n) is 5.08. The maximum absolute atomic E-state index is 10.8. The Balaban J connectivity index is 2.57. The minimum atomic E-state index is -0.947. The van der Waals surface area contributed by atoms with Crippen molar-refractivity contribution in [2.75, 3.05) is 0 Å². The van der Waals surface area contributed by atoms with Gasteiger partial charge in [-0.1, -0.05) is 13.8 Å². The molecule has 0 unspecified atom stereocenters. The van der Waals surface area contributed by atoms with E-state index in [9.17, 15) is 4.79 Å². The number of hydrogen-bond acceptors (Lipinski definition) is 4. The molecule has 0 aliphatic heterocycles. The topological polar surface area (TPSA) is 62.2 Å². The van der Waals surface area contributed by atoms with Crippen molar-refractivity contribution in [3.8, 4) is 0 Å². The number of carbonyl (C=O) groups is 1. The van der Waals surface area contributed by atoms with Gasteiger partial charge in [0.2, 0.25) is 0 Å². The molecular formula is C10H16N2O2S. The minimum absolute atomic E-state index is 0.179. The normalized spacial score (nSPS) is 10.9. The highest BCUT2D eigenvalue weighted by Gasteiger charge is 2.13. The zero-order valence-electron chi connectivity index (χ0n) is 8.99. The molecular weight excluding hydrogens is 212 g/mol. The van der Waals surface area contributed by atoms with Gasteiger partial charge in [0, 0.05) is 12.6 Å². The number of aromatic nitrogens is 1. The largest absolute Gasteiger partial charge is 0.476 e. The summed E-state index contributed by atoms with van der Waals surface area (Å²) in [7, 11) is 0. The van der Waals surface area contributed by atoms with Crippen LogP contribution in [0.4, 0.5) is 0 Å². The number of nitrogens with one attached hydrogen (secondary N) is 1. The fraction of sp³-hybridized carbons (Fsp3) is 0.600. The van der Waals surface area contributed by atoms with Crippen LogP contribution < -0.4 is 5.32 Å². The highest BCUT2D eigenvalue weighted by molar-refractivity contribution is 7.09. The molecule has 0 fully saturated rings. The predicted octanol–water partition coefficient (Wildman–Crippen LogP) is 2.12. The van der Waals surface area contributed by atoms with E-state index in [2.05, 4.69) is 24.1 Å². The molecule has 15 heavy (non-hydrogen) atoms. The summed E-state index contributed by atoms with van der Waals surface area (Å²) < 4.78 is 0. The van der Waals surface area contributed by atoms with Gasteiger partial charge in [0.05, 0.1) is 10.4 Å². The monoisotopic (exact) mass is 228 g/mol. The molecule has 0 saturated heterocycles. The molecule has 0 bridgehead atoms. The smallest absolute Gasteiger partial charge is 0.355 e. The van der Waals surface area contributed by atoms with E-state index in [1.54, 1.807) is 5.51 Å². The summed E-state index contributed by atoms with van der Waals surface area (Å²) in [6.07, 6.45) is 2.11. The number of rotatable bonds is 6. The Morgan fingerprint density at radius 3 is 2.80 bits per heavy atom. The van der Waals surface area contributed by atoms with Crippen molar-refractivity contribution < 1.29 is 9.90 Å². The molecule has 0 aliphatic carbocycles. The van der Waals surface area contributed by atoms with Crippen molar-refractivity contribution >= 4 is 17.3 Å². The average Bonchev–Trinajstić information content (AvgIpc) is 2.67. The quantitative estimate of drug-likeness (QED) is 0.783. The highest BCUT2D eigenvalue weighted by atomic mass is 32.1. The van der Waals surface area contributed by atoms with E-state index in [0.717, 1.165) is 17.7 Å².